The molecule has 4 aromatic heterocycles. The van der Waals surface area contributed by atoms with E-state index in [-0.39, 0.29) is 27.4 Å². The molecule has 0 spiro atoms. The van der Waals surface area contributed by atoms with E-state index in [4.69, 9.17) is 5.73 Å². The minimum Gasteiger partial charge on any atom is -0.397 e. The van der Waals surface area contributed by atoms with Gasteiger partial charge in [-0.2, -0.15) is 17.9 Å². The van der Waals surface area contributed by atoms with E-state index < -0.39 is 11.7 Å². The van der Waals surface area contributed by atoms with Crippen molar-refractivity contribution >= 4 is 38.6 Å². The second-order valence-electron chi connectivity index (χ2n) is 6.30. The summed E-state index contributed by atoms with van der Waals surface area (Å²) in [6.07, 6.45) is -4.59. The number of alkyl halides is 3. The molecule has 0 unspecified atom stereocenters. The standard InChI is InChI=1S/C19H11F3N6S2/c20-19(21,22)11-9-12(13-7-4-8-29-13)24-18-14(11)15(23)16(30-18)17-25-26-27-28(17)10-5-2-1-3-6-10/h1-9H,23H2. The lowest BCUT2D eigenvalue weighted by Crippen LogP contribution is -2.07. The summed E-state index contributed by atoms with van der Waals surface area (Å²) < 4.78 is 43.1. The van der Waals surface area contributed by atoms with Crippen LogP contribution in [0.4, 0.5) is 18.9 Å². The summed E-state index contributed by atoms with van der Waals surface area (Å²) in [4.78, 5) is 5.62. The average Bonchev–Trinajstić information content (AvgIpc) is 3.47. The van der Waals surface area contributed by atoms with Crippen molar-refractivity contribution in [1.82, 2.24) is 25.2 Å². The number of nitrogens with zero attached hydrogens (tertiary/aromatic N) is 5. The van der Waals surface area contributed by atoms with Crippen LogP contribution in [-0.2, 0) is 6.18 Å². The number of halogens is 3. The van der Waals surface area contributed by atoms with Crippen LogP contribution >= 0.6 is 22.7 Å². The Kier molecular flexibility index (Phi) is 4.29. The first-order chi connectivity index (χ1) is 14.4. The van der Waals surface area contributed by atoms with Gasteiger partial charge in [-0.05, 0) is 40.1 Å². The lowest BCUT2D eigenvalue weighted by molar-refractivity contribution is -0.136. The van der Waals surface area contributed by atoms with Crippen LogP contribution < -0.4 is 5.73 Å². The fourth-order valence-electron chi connectivity index (χ4n) is 3.13. The maximum Gasteiger partial charge on any atom is 0.417 e. The molecule has 5 aromatic rings. The highest BCUT2D eigenvalue weighted by molar-refractivity contribution is 7.22. The third kappa shape index (κ3) is 3.02. The number of fused-ring (bicyclic) bond motifs is 1. The molecule has 30 heavy (non-hydrogen) atoms. The zero-order chi connectivity index (χ0) is 20.9. The number of nitrogen functional groups attached to an aromatic ring is 1. The number of hydrogen-bond acceptors (Lipinski definition) is 7. The summed E-state index contributed by atoms with van der Waals surface area (Å²) in [6.45, 7) is 0. The van der Waals surface area contributed by atoms with E-state index in [2.05, 4.69) is 20.5 Å². The Morgan fingerprint density at radius 2 is 1.83 bits per heavy atom. The molecule has 0 bridgehead atoms. The lowest BCUT2D eigenvalue weighted by atomic mass is 10.1. The molecule has 11 heteroatoms. The van der Waals surface area contributed by atoms with Crippen molar-refractivity contribution in [2.24, 2.45) is 0 Å². The average molecular weight is 444 g/mol. The second kappa shape index (κ2) is 6.89. The number of tetrazole rings is 1. The molecule has 0 saturated heterocycles. The first-order valence-corrected chi connectivity index (χ1v) is 10.3. The molecule has 0 aliphatic rings. The number of rotatable bonds is 3. The molecule has 5 rings (SSSR count). The Hall–Kier alpha value is -3.31. The zero-order valence-corrected chi connectivity index (χ0v) is 16.6. The molecule has 0 atom stereocenters. The van der Waals surface area contributed by atoms with E-state index in [0.29, 0.717) is 15.4 Å². The SMILES string of the molecule is Nc1c(-c2nnnn2-c2ccccc2)sc2nc(-c3cccs3)cc(C(F)(F)F)c12. The number of thiophene rings is 2. The number of pyridine rings is 1. The van der Waals surface area contributed by atoms with Gasteiger partial charge in [-0.25, -0.2) is 4.98 Å². The van der Waals surface area contributed by atoms with Gasteiger partial charge in [0.2, 0.25) is 0 Å². The van der Waals surface area contributed by atoms with Crippen LogP contribution in [-0.4, -0.2) is 25.2 Å². The Morgan fingerprint density at radius 1 is 1.03 bits per heavy atom. The van der Waals surface area contributed by atoms with Gasteiger partial charge in [0.15, 0.2) is 5.82 Å². The Labute approximate surface area is 175 Å². The molecule has 0 amide bonds. The van der Waals surface area contributed by atoms with E-state index in [9.17, 15) is 13.2 Å². The van der Waals surface area contributed by atoms with Crippen molar-refractivity contribution in [2.45, 2.75) is 6.18 Å². The molecule has 0 radical (unpaired) electrons. The molecule has 150 valence electrons. The van der Waals surface area contributed by atoms with Crippen LogP contribution in [0.25, 0.3) is 37.2 Å². The Balaban J connectivity index is 1.77. The largest absolute Gasteiger partial charge is 0.417 e. The van der Waals surface area contributed by atoms with Crippen molar-refractivity contribution in [2.75, 3.05) is 5.73 Å². The van der Waals surface area contributed by atoms with Gasteiger partial charge >= 0.3 is 6.18 Å². The van der Waals surface area contributed by atoms with Gasteiger partial charge < -0.3 is 5.73 Å². The molecule has 0 aliphatic heterocycles. The number of hydrogen-bond donors (Lipinski definition) is 1. The van der Waals surface area contributed by atoms with Crippen LogP contribution in [0.2, 0.25) is 0 Å². The van der Waals surface area contributed by atoms with Gasteiger partial charge in [0.05, 0.1) is 32.4 Å². The maximum atomic E-state index is 13.9. The van der Waals surface area contributed by atoms with E-state index >= 15 is 0 Å². The van der Waals surface area contributed by atoms with Crippen molar-refractivity contribution in [3.05, 3.63) is 59.5 Å². The van der Waals surface area contributed by atoms with Gasteiger partial charge in [0.25, 0.3) is 0 Å². The van der Waals surface area contributed by atoms with E-state index in [1.54, 1.807) is 29.6 Å². The fraction of sp³-hybridized carbons (Fsp3) is 0.0526. The van der Waals surface area contributed by atoms with Gasteiger partial charge in [-0.15, -0.1) is 27.8 Å². The first-order valence-electron chi connectivity index (χ1n) is 8.62. The topological polar surface area (TPSA) is 82.5 Å². The molecule has 6 nitrogen and oxygen atoms in total. The molecular formula is C19H11F3N6S2. The van der Waals surface area contributed by atoms with Gasteiger partial charge in [0, 0.05) is 5.39 Å². The number of nitrogens with two attached hydrogens (primary N) is 1. The summed E-state index contributed by atoms with van der Waals surface area (Å²) in [5.74, 6) is 0.257. The Bertz CT molecular complexity index is 1340. The number of aromatic nitrogens is 5. The number of anilines is 1. The lowest BCUT2D eigenvalue weighted by Gasteiger charge is -2.10. The van der Waals surface area contributed by atoms with Crippen LogP contribution in [0, 0.1) is 0 Å². The van der Waals surface area contributed by atoms with Crippen molar-refractivity contribution in [1.29, 1.82) is 0 Å². The Morgan fingerprint density at radius 3 is 2.53 bits per heavy atom. The predicted molar refractivity (Wildman–Crippen MR) is 110 cm³/mol. The molecule has 1 aromatic carbocycles. The van der Waals surface area contributed by atoms with Gasteiger partial charge in [0.1, 0.15) is 4.83 Å². The summed E-state index contributed by atoms with van der Waals surface area (Å²) in [5, 5.41) is 13.3. The van der Waals surface area contributed by atoms with E-state index in [1.807, 2.05) is 18.2 Å². The third-order valence-corrected chi connectivity index (χ3v) is 6.44. The highest BCUT2D eigenvalue weighted by Crippen LogP contribution is 2.46. The number of benzene rings is 1. The smallest absolute Gasteiger partial charge is 0.397 e. The molecule has 4 heterocycles. The van der Waals surface area contributed by atoms with Crippen LogP contribution in [0.3, 0.4) is 0 Å². The highest BCUT2D eigenvalue weighted by Gasteiger charge is 2.36. The second-order valence-corrected chi connectivity index (χ2v) is 8.25. The molecule has 0 fully saturated rings. The number of para-hydroxylation sites is 1. The van der Waals surface area contributed by atoms with Crippen molar-refractivity contribution < 1.29 is 13.2 Å². The van der Waals surface area contributed by atoms with E-state index in [1.165, 1.54) is 16.0 Å². The highest BCUT2D eigenvalue weighted by atomic mass is 32.1. The van der Waals surface area contributed by atoms with Crippen molar-refractivity contribution in [3.63, 3.8) is 0 Å². The maximum absolute atomic E-state index is 13.9. The summed E-state index contributed by atoms with van der Waals surface area (Å²) >= 11 is 2.36. The predicted octanol–water partition coefficient (Wildman–Crippen LogP) is 5.27. The minimum absolute atomic E-state index is 0.0421. The van der Waals surface area contributed by atoms with Gasteiger partial charge in [-0.1, -0.05) is 24.3 Å². The molecule has 2 N–H and O–H groups in total. The zero-order valence-electron chi connectivity index (χ0n) is 15.0. The third-order valence-electron chi connectivity index (χ3n) is 4.45. The van der Waals surface area contributed by atoms with Gasteiger partial charge in [-0.3, -0.25) is 0 Å². The molecular weight excluding hydrogens is 433 g/mol. The quantitative estimate of drug-likeness (QED) is 0.410. The molecule has 0 saturated carbocycles. The normalized spacial score (nSPS) is 12.0. The minimum atomic E-state index is -4.59. The summed E-state index contributed by atoms with van der Waals surface area (Å²) in [7, 11) is 0. The van der Waals surface area contributed by atoms with Crippen LogP contribution in [0.1, 0.15) is 5.56 Å². The summed E-state index contributed by atoms with van der Waals surface area (Å²) in [5.41, 5.74) is 6.26. The summed E-state index contributed by atoms with van der Waals surface area (Å²) in [6, 6.07) is 13.6. The van der Waals surface area contributed by atoms with Crippen LogP contribution in [0.15, 0.2) is 53.9 Å². The first kappa shape index (κ1) is 18.7. The van der Waals surface area contributed by atoms with Crippen LogP contribution in [0.5, 0.6) is 0 Å². The van der Waals surface area contributed by atoms with E-state index in [0.717, 1.165) is 17.4 Å². The fourth-order valence-corrected chi connectivity index (χ4v) is 4.91. The van der Waals surface area contributed by atoms with Crippen molar-refractivity contribution in [3.8, 4) is 27.0 Å². The monoisotopic (exact) mass is 444 g/mol. The molecule has 0 aliphatic carbocycles.